The van der Waals surface area contributed by atoms with Crippen LogP contribution >= 0.6 is 31.9 Å². The minimum absolute atomic E-state index is 0.129. The van der Waals surface area contributed by atoms with Gasteiger partial charge in [0, 0.05) is 0 Å². The first-order chi connectivity index (χ1) is 4.12. The second kappa shape index (κ2) is 4.51. The predicted molar refractivity (Wildman–Crippen MR) is 49.0 cm³/mol. The second-order valence-corrected chi connectivity index (χ2v) is 5.93. The van der Waals surface area contributed by atoms with Crippen molar-refractivity contribution in [2.75, 3.05) is 0 Å². The van der Waals surface area contributed by atoms with Crippen LogP contribution < -0.4 is 0 Å². The van der Waals surface area contributed by atoms with Gasteiger partial charge in [0.25, 0.3) is 0 Å². The predicted octanol–water partition coefficient (Wildman–Crippen LogP) is 3.65. The number of halogens is 2. The number of rotatable bonds is 4. The zero-order valence-corrected chi connectivity index (χ0v) is 8.70. The van der Waals surface area contributed by atoms with Crippen molar-refractivity contribution >= 4 is 31.9 Å². The van der Waals surface area contributed by atoms with Gasteiger partial charge in [-0.1, -0.05) is 64.3 Å². The molecule has 0 aliphatic carbocycles. The molecule has 0 bridgehead atoms. The summed E-state index contributed by atoms with van der Waals surface area (Å²) in [6.07, 6.45) is 5.06. The largest absolute Gasteiger partial charge is 0.0987 e. The number of hydrogen-bond donors (Lipinski definition) is 0. The van der Waals surface area contributed by atoms with Gasteiger partial charge in [0.15, 0.2) is 0 Å². The van der Waals surface area contributed by atoms with Crippen LogP contribution in [0.2, 0.25) is 0 Å². The molecule has 0 aliphatic heterocycles. The van der Waals surface area contributed by atoms with E-state index in [9.17, 15) is 0 Å². The Hall–Kier alpha value is 0.700. The first-order valence-corrected chi connectivity index (χ1v) is 4.65. The van der Waals surface area contributed by atoms with Gasteiger partial charge in [-0.2, -0.15) is 0 Å². The Balaban J connectivity index is 3.45. The van der Waals surface area contributed by atoms with Gasteiger partial charge in [-0.25, -0.2) is 0 Å². The molecule has 0 unspecified atom stereocenters. The van der Waals surface area contributed by atoms with Crippen LogP contribution in [0.3, 0.4) is 0 Å². The van der Waals surface area contributed by atoms with Crippen molar-refractivity contribution in [2.45, 2.75) is 29.4 Å². The van der Waals surface area contributed by atoms with Crippen LogP contribution in [0.25, 0.3) is 0 Å². The summed E-state index contributed by atoms with van der Waals surface area (Å²) in [4.78, 5) is 0. The molecule has 0 aromatic carbocycles. The average molecular weight is 255 g/mol. The standard InChI is InChI=1S/C7H11Br2/c1-3-5-6-7(8,9)4-2/h2,4H,3,5-6H2,1H3. The Morgan fingerprint density at radius 2 is 2.11 bits per heavy atom. The zero-order valence-electron chi connectivity index (χ0n) is 5.53. The van der Waals surface area contributed by atoms with Gasteiger partial charge in [0.2, 0.25) is 0 Å². The molecular weight excluding hydrogens is 244 g/mol. The number of allylic oxidation sites excluding steroid dienone is 1. The summed E-state index contributed by atoms with van der Waals surface area (Å²) >= 11 is 6.84. The molecule has 0 aromatic rings. The van der Waals surface area contributed by atoms with E-state index in [4.69, 9.17) is 6.58 Å². The van der Waals surface area contributed by atoms with Gasteiger partial charge >= 0.3 is 0 Å². The molecule has 0 atom stereocenters. The molecule has 0 amide bonds. The third kappa shape index (κ3) is 5.16. The van der Waals surface area contributed by atoms with Gasteiger partial charge in [-0.05, 0) is 6.42 Å². The Kier molecular flexibility index (Phi) is 4.86. The van der Waals surface area contributed by atoms with E-state index < -0.39 is 0 Å². The number of hydrogen-bond acceptors (Lipinski definition) is 0. The van der Waals surface area contributed by atoms with E-state index in [0.717, 1.165) is 6.42 Å². The molecule has 53 valence electrons. The fourth-order valence-corrected chi connectivity index (χ4v) is 1.06. The highest BCUT2D eigenvalue weighted by molar-refractivity contribution is 9.25. The van der Waals surface area contributed by atoms with Crippen LogP contribution in [-0.2, 0) is 0 Å². The van der Waals surface area contributed by atoms with Crippen LogP contribution in [-0.4, -0.2) is 3.23 Å². The highest BCUT2D eigenvalue weighted by atomic mass is 79.9. The smallest absolute Gasteiger partial charge is 0.0681 e. The molecule has 2 heteroatoms. The van der Waals surface area contributed by atoms with E-state index in [1.807, 2.05) is 0 Å². The molecule has 0 fully saturated rings. The van der Waals surface area contributed by atoms with Crippen molar-refractivity contribution in [1.29, 1.82) is 0 Å². The van der Waals surface area contributed by atoms with E-state index in [0.29, 0.717) is 0 Å². The van der Waals surface area contributed by atoms with Crippen LogP contribution in [0.1, 0.15) is 26.2 Å². The first-order valence-electron chi connectivity index (χ1n) is 3.06. The third-order valence-corrected chi connectivity index (χ3v) is 2.43. The summed E-state index contributed by atoms with van der Waals surface area (Å²) in [5.74, 6) is 0. The summed E-state index contributed by atoms with van der Waals surface area (Å²) < 4.78 is -0.129. The van der Waals surface area contributed by atoms with Crippen molar-refractivity contribution in [2.24, 2.45) is 0 Å². The summed E-state index contributed by atoms with van der Waals surface area (Å²) in [6, 6.07) is 0. The summed E-state index contributed by atoms with van der Waals surface area (Å²) in [7, 11) is 0. The van der Waals surface area contributed by atoms with E-state index >= 15 is 0 Å². The molecule has 0 aliphatic rings. The molecule has 1 radical (unpaired) electrons. The minimum Gasteiger partial charge on any atom is -0.0681 e. The van der Waals surface area contributed by atoms with Gasteiger partial charge in [-0.15, -0.1) is 0 Å². The van der Waals surface area contributed by atoms with Crippen LogP contribution in [0.5, 0.6) is 0 Å². The summed E-state index contributed by atoms with van der Waals surface area (Å²) in [5, 5.41) is 0. The molecule has 0 saturated heterocycles. The maximum Gasteiger partial charge on any atom is 0.0987 e. The van der Waals surface area contributed by atoms with Crippen molar-refractivity contribution in [3.05, 3.63) is 12.7 Å². The lowest BCUT2D eigenvalue weighted by molar-refractivity contribution is 0.727. The molecule has 0 saturated carbocycles. The van der Waals surface area contributed by atoms with Crippen molar-refractivity contribution in [1.82, 2.24) is 0 Å². The Morgan fingerprint density at radius 1 is 1.56 bits per heavy atom. The maximum atomic E-state index is 5.33. The maximum absolute atomic E-state index is 5.33. The van der Waals surface area contributed by atoms with Crippen molar-refractivity contribution in [3.8, 4) is 0 Å². The summed E-state index contributed by atoms with van der Waals surface area (Å²) in [6.45, 7) is 7.49. The van der Waals surface area contributed by atoms with Gasteiger partial charge in [-0.3, -0.25) is 0 Å². The van der Waals surface area contributed by atoms with Gasteiger partial charge in [0.1, 0.15) is 0 Å². The highest BCUT2D eigenvalue weighted by Crippen LogP contribution is 2.32. The molecule has 0 heterocycles. The average Bonchev–Trinajstić information content (AvgIpc) is 1.84. The summed E-state index contributed by atoms with van der Waals surface area (Å²) in [5.41, 5.74) is 0. The lowest BCUT2D eigenvalue weighted by Crippen LogP contribution is -2.04. The van der Waals surface area contributed by atoms with Gasteiger partial charge in [0.05, 0.1) is 3.23 Å². The lowest BCUT2D eigenvalue weighted by atomic mass is 10.2. The van der Waals surface area contributed by atoms with E-state index in [1.165, 1.54) is 12.8 Å². The quantitative estimate of drug-likeness (QED) is 0.672. The van der Waals surface area contributed by atoms with E-state index in [1.54, 1.807) is 6.08 Å². The fourth-order valence-electron chi connectivity index (χ4n) is 0.496. The fraction of sp³-hybridized carbons (Fsp3) is 0.714. The Morgan fingerprint density at radius 3 is 2.44 bits per heavy atom. The van der Waals surface area contributed by atoms with Crippen molar-refractivity contribution < 1.29 is 0 Å². The second-order valence-electron chi connectivity index (χ2n) is 2.03. The highest BCUT2D eigenvalue weighted by Gasteiger charge is 2.15. The van der Waals surface area contributed by atoms with Crippen LogP contribution in [0.15, 0.2) is 6.08 Å². The number of unbranched alkanes of at least 4 members (excludes halogenated alkanes) is 1. The van der Waals surface area contributed by atoms with E-state index in [-0.39, 0.29) is 3.23 Å². The topological polar surface area (TPSA) is 0 Å². The Bertz CT molecular complexity index is 86.9. The van der Waals surface area contributed by atoms with Crippen molar-refractivity contribution in [3.63, 3.8) is 0 Å². The third-order valence-electron chi connectivity index (χ3n) is 1.11. The lowest BCUT2D eigenvalue weighted by Gasteiger charge is -2.13. The minimum atomic E-state index is -0.129. The molecular formula is C7H11Br2. The normalized spacial score (nSPS) is 11.4. The zero-order chi connectivity index (χ0) is 7.33. The first kappa shape index (κ1) is 9.70. The van der Waals surface area contributed by atoms with E-state index in [2.05, 4.69) is 38.8 Å². The molecule has 0 spiro atoms. The molecule has 0 rings (SSSR count). The van der Waals surface area contributed by atoms with Gasteiger partial charge < -0.3 is 0 Å². The number of alkyl halides is 2. The monoisotopic (exact) mass is 253 g/mol. The Labute approximate surface area is 74.0 Å². The molecule has 0 aromatic heterocycles. The molecule has 9 heavy (non-hydrogen) atoms. The van der Waals surface area contributed by atoms with Crippen LogP contribution in [0, 0.1) is 6.58 Å². The SMILES string of the molecule is [CH]=CC(Br)(Br)CCCC. The van der Waals surface area contributed by atoms with Crippen LogP contribution in [0.4, 0.5) is 0 Å². The molecule has 0 nitrogen and oxygen atoms in total. The molecule has 0 N–H and O–H groups in total.